The molecule has 5 heteroatoms. The number of carbonyl (C=O) groups is 2. The Kier molecular flexibility index (Phi) is 4.02. The van der Waals surface area contributed by atoms with Crippen molar-refractivity contribution in [2.24, 2.45) is 0 Å². The van der Waals surface area contributed by atoms with Crippen LogP contribution in [0.3, 0.4) is 0 Å². The summed E-state index contributed by atoms with van der Waals surface area (Å²) in [5.74, 6) is 0.563. The Bertz CT molecular complexity index is 846. The number of rotatable bonds is 5. The highest BCUT2D eigenvalue weighted by atomic mass is 16.3. The number of nitrogens with zero attached hydrogens (tertiary/aromatic N) is 1. The Labute approximate surface area is 133 Å². The van der Waals surface area contributed by atoms with Gasteiger partial charge in [-0.3, -0.25) is 9.59 Å². The second kappa shape index (κ2) is 6.12. The van der Waals surface area contributed by atoms with E-state index >= 15 is 0 Å². The number of benzene rings is 1. The van der Waals surface area contributed by atoms with Crippen molar-refractivity contribution in [2.75, 3.05) is 0 Å². The van der Waals surface area contributed by atoms with Gasteiger partial charge < -0.3 is 14.3 Å². The molecule has 3 aromatic rings. The van der Waals surface area contributed by atoms with Crippen molar-refractivity contribution in [3.8, 4) is 0 Å². The third-order valence-electron chi connectivity index (χ3n) is 3.93. The average molecular weight is 310 g/mol. The summed E-state index contributed by atoms with van der Waals surface area (Å²) in [7, 11) is 0. The van der Waals surface area contributed by atoms with E-state index in [1.807, 2.05) is 41.8 Å². The molecule has 2 aromatic heterocycles. The van der Waals surface area contributed by atoms with Crippen LogP contribution in [-0.4, -0.2) is 16.3 Å². The number of para-hydroxylation sites is 1. The van der Waals surface area contributed by atoms with E-state index in [0.29, 0.717) is 17.9 Å². The summed E-state index contributed by atoms with van der Waals surface area (Å²) in [5.41, 5.74) is 1.50. The summed E-state index contributed by atoms with van der Waals surface area (Å²) in [6, 6.07) is 10.8. The summed E-state index contributed by atoms with van der Waals surface area (Å²) in [4.78, 5) is 24.2. The van der Waals surface area contributed by atoms with Crippen molar-refractivity contribution >= 4 is 22.6 Å². The minimum atomic E-state index is -0.428. The minimum absolute atomic E-state index is 0.0110. The Morgan fingerprint density at radius 1 is 1.22 bits per heavy atom. The first-order chi connectivity index (χ1) is 11.1. The lowest BCUT2D eigenvalue weighted by atomic mass is 10.1. The van der Waals surface area contributed by atoms with Crippen LogP contribution < -0.4 is 5.32 Å². The van der Waals surface area contributed by atoms with Crippen molar-refractivity contribution in [2.45, 2.75) is 26.4 Å². The smallest absolute Gasteiger partial charge is 0.243 e. The van der Waals surface area contributed by atoms with Gasteiger partial charge in [-0.2, -0.15) is 0 Å². The zero-order valence-corrected chi connectivity index (χ0v) is 13.1. The Morgan fingerprint density at radius 3 is 2.70 bits per heavy atom. The second-order valence-corrected chi connectivity index (χ2v) is 5.50. The van der Waals surface area contributed by atoms with Crippen LogP contribution >= 0.6 is 0 Å². The second-order valence-electron chi connectivity index (χ2n) is 5.50. The number of hydrogen-bond acceptors (Lipinski definition) is 3. The molecule has 0 unspecified atom stereocenters. The third-order valence-corrected chi connectivity index (χ3v) is 3.93. The maximum absolute atomic E-state index is 12.4. The van der Waals surface area contributed by atoms with E-state index in [1.54, 1.807) is 18.5 Å². The van der Waals surface area contributed by atoms with Crippen molar-refractivity contribution in [3.05, 3.63) is 60.2 Å². The summed E-state index contributed by atoms with van der Waals surface area (Å²) in [5, 5.41) is 3.71. The summed E-state index contributed by atoms with van der Waals surface area (Å²) in [6.45, 7) is 3.69. The number of hydrogen-bond donors (Lipinski definition) is 1. The predicted octanol–water partition coefficient (Wildman–Crippen LogP) is 3.31. The van der Waals surface area contributed by atoms with E-state index in [-0.39, 0.29) is 11.7 Å². The maximum Gasteiger partial charge on any atom is 0.243 e. The Balaban J connectivity index is 1.87. The van der Waals surface area contributed by atoms with Crippen LogP contribution in [0.4, 0.5) is 0 Å². The van der Waals surface area contributed by atoms with Gasteiger partial charge in [0.25, 0.3) is 0 Å². The van der Waals surface area contributed by atoms with Gasteiger partial charge in [-0.1, -0.05) is 18.2 Å². The monoisotopic (exact) mass is 310 g/mol. The number of aromatic nitrogens is 1. The molecule has 0 saturated carbocycles. The first-order valence-corrected chi connectivity index (χ1v) is 7.48. The molecular weight excluding hydrogens is 292 g/mol. The average Bonchev–Trinajstić information content (AvgIpc) is 3.19. The molecule has 0 bridgehead atoms. The van der Waals surface area contributed by atoms with Gasteiger partial charge in [-0.05, 0) is 32.0 Å². The fourth-order valence-corrected chi connectivity index (χ4v) is 2.67. The van der Waals surface area contributed by atoms with E-state index in [2.05, 4.69) is 5.32 Å². The van der Waals surface area contributed by atoms with Crippen molar-refractivity contribution in [1.29, 1.82) is 0 Å². The molecular formula is C18H18N2O3. The van der Waals surface area contributed by atoms with E-state index in [9.17, 15) is 9.59 Å². The van der Waals surface area contributed by atoms with Gasteiger partial charge in [0, 0.05) is 22.7 Å². The summed E-state index contributed by atoms with van der Waals surface area (Å²) in [6.07, 6.45) is 3.33. The van der Waals surface area contributed by atoms with E-state index in [1.165, 1.54) is 6.92 Å². The minimum Gasteiger partial charge on any atom is -0.467 e. The number of furan rings is 1. The van der Waals surface area contributed by atoms with Crippen LogP contribution in [0.5, 0.6) is 0 Å². The number of nitrogens with one attached hydrogen (secondary N) is 1. The van der Waals surface area contributed by atoms with Gasteiger partial charge in [0.05, 0.1) is 12.8 Å². The molecule has 118 valence electrons. The molecule has 1 N–H and O–H groups in total. The number of ketones is 1. The lowest BCUT2D eigenvalue weighted by Crippen LogP contribution is -2.30. The van der Waals surface area contributed by atoms with Crippen LogP contribution in [-0.2, 0) is 11.3 Å². The Morgan fingerprint density at radius 2 is 2.00 bits per heavy atom. The molecule has 3 rings (SSSR count). The van der Waals surface area contributed by atoms with E-state index < -0.39 is 6.04 Å². The number of fused-ring (bicyclic) bond motifs is 1. The number of amides is 1. The molecule has 0 radical (unpaired) electrons. The normalized spacial score (nSPS) is 12.3. The van der Waals surface area contributed by atoms with Gasteiger partial charge >= 0.3 is 0 Å². The molecule has 2 heterocycles. The first kappa shape index (κ1) is 15.1. The van der Waals surface area contributed by atoms with Crippen molar-refractivity contribution in [1.82, 2.24) is 9.88 Å². The summed E-state index contributed by atoms with van der Waals surface area (Å²) >= 11 is 0. The highest BCUT2D eigenvalue weighted by Gasteiger charge is 2.20. The fourth-order valence-electron chi connectivity index (χ4n) is 2.67. The van der Waals surface area contributed by atoms with Crippen LogP contribution in [0.15, 0.2) is 53.3 Å². The van der Waals surface area contributed by atoms with Crippen LogP contribution in [0.1, 0.15) is 36.0 Å². The van der Waals surface area contributed by atoms with Crippen molar-refractivity contribution in [3.63, 3.8) is 0 Å². The summed E-state index contributed by atoms with van der Waals surface area (Å²) < 4.78 is 7.05. The molecule has 0 fully saturated rings. The SMILES string of the molecule is CC(=O)c1cn([C@@H](C)C(=O)NCc2ccco2)c2ccccc12. The molecule has 1 amide bonds. The number of Topliss-reactive ketones (excluding diaryl/α,β-unsaturated/α-hetero) is 1. The lowest BCUT2D eigenvalue weighted by molar-refractivity contribution is -0.124. The molecule has 23 heavy (non-hydrogen) atoms. The van der Waals surface area contributed by atoms with Gasteiger partial charge in [-0.25, -0.2) is 0 Å². The standard InChI is InChI=1S/C18H18N2O3/c1-12(18(22)19-10-14-6-5-9-23-14)20-11-16(13(2)21)15-7-3-4-8-17(15)20/h3-9,11-12H,10H2,1-2H3,(H,19,22)/t12-/m0/s1. The lowest BCUT2D eigenvalue weighted by Gasteiger charge is -2.14. The topological polar surface area (TPSA) is 64.2 Å². The molecule has 1 aromatic carbocycles. The van der Waals surface area contributed by atoms with E-state index in [0.717, 1.165) is 10.9 Å². The molecule has 5 nitrogen and oxygen atoms in total. The largest absolute Gasteiger partial charge is 0.467 e. The van der Waals surface area contributed by atoms with Crippen molar-refractivity contribution < 1.29 is 14.0 Å². The molecule has 0 aliphatic rings. The van der Waals surface area contributed by atoms with Gasteiger partial charge in [0.1, 0.15) is 11.8 Å². The molecule has 0 aliphatic carbocycles. The maximum atomic E-state index is 12.4. The molecule has 0 spiro atoms. The van der Waals surface area contributed by atoms with Gasteiger partial charge in [0.15, 0.2) is 5.78 Å². The van der Waals surface area contributed by atoms with Gasteiger partial charge in [0.2, 0.25) is 5.91 Å². The van der Waals surface area contributed by atoms with Crippen LogP contribution in [0, 0.1) is 0 Å². The molecule has 0 aliphatic heterocycles. The fraction of sp³-hybridized carbons (Fsp3) is 0.222. The van der Waals surface area contributed by atoms with Crippen LogP contribution in [0.2, 0.25) is 0 Å². The zero-order valence-electron chi connectivity index (χ0n) is 13.1. The predicted molar refractivity (Wildman–Crippen MR) is 87.2 cm³/mol. The Hall–Kier alpha value is -2.82. The van der Waals surface area contributed by atoms with Crippen LogP contribution in [0.25, 0.3) is 10.9 Å². The first-order valence-electron chi connectivity index (χ1n) is 7.48. The van der Waals surface area contributed by atoms with E-state index in [4.69, 9.17) is 4.42 Å². The van der Waals surface area contributed by atoms with Gasteiger partial charge in [-0.15, -0.1) is 0 Å². The zero-order chi connectivity index (χ0) is 16.4. The number of carbonyl (C=O) groups excluding carboxylic acids is 2. The third kappa shape index (κ3) is 2.90. The molecule has 0 saturated heterocycles. The quantitative estimate of drug-likeness (QED) is 0.735. The highest BCUT2D eigenvalue weighted by molar-refractivity contribution is 6.07. The molecule has 1 atom stereocenters. The highest BCUT2D eigenvalue weighted by Crippen LogP contribution is 2.25.